The summed E-state index contributed by atoms with van der Waals surface area (Å²) < 4.78 is 32.6. The molecule has 0 saturated heterocycles. The molecule has 0 saturated carbocycles. The number of hydrogen-bond acceptors (Lipinski definition) is 8. The molecule has 0 aliphatic rings. The van der Waals surface area contributed by atoms with Crippen LogP contribution in [0.4, 0.5) is 0 Å². The molecule has 6 aromatic rings. The third-order valence-electron chi connectivity index (χ3n) is 6.56. The van der Waals surface area contributed by atoms with E-state index >= 15 is 0 Å². The second-order valence-electron chi connectivity index (χ2n) is 9.09. The third-order valence-corrected chi connectivity index (χ3v) is 6.56. The topological polar surface area (TPSA) is 97.3 Å². The molecule has 0 fully saturated rings. The first-order chi connectivity index (χ1) is 20.4. The van der Waals surface area contributed by atoms with Crippen molar-refractivity contribution in [2.45, 2.75) is 0 Å². The lowest BCUT2D eigenvalue weighted by Crippen LogP contribution is -2.03. The van der Waals surface area contributed by atoms with Gasteiger partial charge in [-0.1, -0.05) is 60.7 Å². The van der Waals surface area contributed by atoms with Crippen molar-refractivity contribution in [1.29, 1.82) is 0 Å². The fraction of sp³-hybridized carbons (Fsp3) is 0.118. The molecule has 0 atom stereocenters. The molecule has 2 heterocycles. The molecule has 0 aliphatic heterocycles. The first-order valence-electron chi connectivity index (χ1n) is 13.0. The molecule has 4 aromatic carbocycles. The lowest BCUT2D eigenvalue weighted by molar-refractivity contribution is 0.396. The summed E-state index contributed by atoms with van der Waals surface area (Å²) in [6, 6.07) is 28.6. The fourth-order valence-electron chi connectivity index (χ4n) is 4.50. The highest BCUT2D eigenvalue weighted by Crippen LogP contribution is 2.32. The quantitative estimate of drug-likeness (QED) is 0.214. The van der Waals surface area contributed by atoms with Crippen LogP contribution in [-0.2, 0) is 0 Å². The van der Waals surface area contributed by atoms with Crippen molar-refractivity contribution < 1.29 is 27.8 Å². The number of fused-ring (bicyclic) bond motifs is 2. The molecule has 0 radical (unpaired) electrons. The van der Waals surface area contributed by atoms with E-state index < -0.39 is 0 Å². The van der Waals surface area contributed by atoms with E-state index in [1.165, 1.54) is 26.4 Å². The predicted molar refractivity (Wildman–Crippen MR) is 162 cm³/mol. The standard InChI is InChI=1S/2C17H14O4/c2*1-19-12-8-15(20-2)17-13(18)10-14(21-16(17)9-12)11-6-4-3-5-7-11/h2*3-10H,1-2H3. The van der Waals surface area contributed by atoms with E-state index in [9.17, 15) is 9.59 Å². The van der Waals surface area contributed by atoms with Gasteiger partial charge in [0.25, 0.3) is 0 Å². The van der Waals surface area contributed by atoms with E-state index in [0.717, 1.165) is 11.1 Å². The molecule has 8 heteroatoms. The van der Waals surface area contributed by atoms with Crippen LogP contribution in [0.25, 0.3) is 44.6 Å². The van der Waals surface area contributed by atoms with Crippen LogP contribution >= 0.6 is 0 Å². The highest BCUT2D eigenvalue weighted by atomic mass is 16.5. The van der Waals surface area contributed by atoms with Gasteiger partial charge in [-0.3, -0.25) is 9.59 Å². The molecule has 42 heavy (non-hydrogen) atoms. The van der Waals surface area contributed by atoms with E-state index in [1.54, 1.807) is 38.5 Å². The Bertz CT molecular complexity index is 1810. The average molecular weight is 565 g/mol. The molecule has 8 nitrogen and oxygen atoms in total. The highest BCUT2D eigenvalue weighted by Gasteiger charge is 2.14. The van der Waals surface area contributed by atoms with E-state index in [0.29, 0.717) is 56.5 Å². The zero-order chi connectivity index (χ0) is 29.6. The maximum atomic E-state index is 12.4. The summed E-state index contributed by atoms with van der Waals surface area (Å²) in [4.78, 5) is 24.7. The predicted octanol–water partition coefficient (Wildman–Crippen LogP) is 6.95. The Morgan fingerprint density at radius 3 is 1.19 bits per heavy atom. The van der Waals surface area contributed by atoms with Crippen LogP contribution in [-0.4, -0.2) is 28.4 Å². The molecule has 0 bridgehead atoms. The number of rotatable bonds is 6. The molecular weight excluding hydrogens is 536 g/mol. The Hall–Kier alpha value is -5.50. The summed E-state index contributed by atoms with van der Waals surface area (Å²) in [5.74, 6) is 3.07. The van der Waals surface area contributed by atoms with Crippen molar-refractivity contribution in [3.8, 4) is 45.6 Å². The van der Waals surface area contributed by atoms with Gasteiger partial charge in [-0.25, -0.2) is 0 Å². The minimum absolute atomic E-state index is 0.144. The average Bonchev–Trinajstić information content (AvgIpc) is 3.04. The van der Waals surface area contributed by atoms with Gasteiger partial charge in [0, 0.05) is 47.5 Å². The van der Waals surface area contributed by atoms with Crippen LogP contribution in [0.3, 0.4) is 0 Å². The second kappa shape index (κ2) is 12.3. The molecule has 0 amide bonds. The summed E-state index contributed by atoms with van der Waals surface area (Å²) in [6.45, 7) is 0. The fourth-order valence-corrected chi connectivity index (χ4v) is 4.50. The van der Waals surface area contributed by atoms with Gasteiger partial charge < -0.3 is 27.8 Å². The first-order valence-corrected chi connectivity index (χ1v) is 13.0. The maximum absolute atomic E-state index is 12.4. The summed E-state index contributed by atoms with van der Waals surface area (Å²) in [5.41, 5.74) is 2.29. The molecule has 2 aromatic heterocycles. The van der Waals surface area contributed by atoms with E-state index in [1.807, 2.05) is 60.7 Å². The zero-order valence-corrected chi connectivity index (χ0v) is 23.5. The lowest BCUT2D eigenvalue weighted by atomic mass is 10.1. The second-order valence-corrected chi connectivity index (χ2v) is 9.09. The number of ether oxygens (including phenoxy) is 4. The SMILES string of the molecule is COc1cc(OC)c2c(=O)cc(-c3ccccc3)oc2c1.COc1cc(OC)c2c(=O)cc(-c3ccccc3)oc2c1. The molecule has 0 aliphatic carbocycles. The van der Waals surface area contributed by atoms with Crippen LogP contribution in [0.2, 0.25) is 0 Å². The molecule has 0 unspecified atom stereocenters. The van der Waals surface area contributed by atoms with E-state index in [-0.39, 0.29) is 10.9 Å². The Kier molecular flexibility index (Phi) is 8.24. The van der Waals surface area contributed by atoms with Crippen molar-refractivity contribution >= 4 is 21.9 Å². The van der Waals surface area contributed by atoms with Crippen LogP contribution in [0.1, 0.15) is 0 Å². The molecular formula is C34H28O8. The van der Waals surface area contributed by atoms with Gasteiger partial charge in [-0.2, -0.15) is 0 Å². The van der Waals surface area contributed by atoms with Gasteiger partial charge in [0.15, 0.2) is 10.9 Å². The van der Waals surface area contributed by atoms with Crippen molar-refractivity contribution in [1.82, 2.24) is 0 Å². The van der Waals surface area contributed by atoms with Gasteiger partial charge in [-0.05, 0) is 0 Å². The summed E-state index contributed by atoms with van der Waals surface area (Å²) in [7, 11) is 6.14. The lowest BCUT2D eigenvalue weighted by Gasteiger charge is -2.09. The number of benzene rings is 4. The maximum Gasteiger partial charge on any atom is 0.197 e. The Labute approximate surface area is 241 Å². The monoisotopic (exact) mass is 564 g/mol. The smallest absolute Gasteiger partial charge is 0.197 e. The first kappa shape index (κ1) is 28.0. The van der Waals surface area contributed by atoms with Crippen LogP contribution in [0.15, 0.2) is 115 Å². The normalized spacial score (nSPS) is 10.6. The molecule has 0 spiro atoms. The van der Waals surface area contributed by atoms with E-state index in [4.69, 9.17) is 27.8 Å². The Balaban J connectivity index is 0.000000168. The minimum atomic E-state index is -0.144. The summed E-state index contributed by atoms with van der Waals surface area (Å²) in [6.07, 6.45) is 0. The van der Waals surface area contributed by atoms with Crippen LogP contribution < -0.4 is 29.8 Å². The van der Waals surface area contributed by atoms with Crippen molar-refractivity contribution in [3.05, 3.63) is 118 Å². The Morgan fingerprint density at radius 1 is 0.476 bits per heavy atom. The third kappa shape index (κ3) is 5.69. The van der Waals surface area contributed by atoms with Crippen molar-refractivity contribution in [2.75, 3.05) is 28.4 Å². The van der Waals surface area contributed by atoms with Gasteiger partial charge in [0.05, 0.1) is 28.4 Å². The van der Waals surface area contributed by atoms with Gasteiger partial charge in [0.1, 0.15) is 56.5 Å². The number of methoxy groups -OCH3 is 4. The highest BCUT2D eigenvalue weighted by molar-refractivity contribution is 5.87. The summed E-state index contributed by atoms with van der Waals surface area (Å²) >= 11 is 0. The minimum Gasteiger partial charge on any atom is -0.496 e. The molecule has 0 N–H and O–H groups in total. The van der Waals surface area contributed by atoms with Crippen LogP contribution in [0, 0.1) is 0 Å². The van der Waals surface area contributed by atoms with Gasteiger partial charge in [-0.15, -0.1) is 0 Å². The molecule has 212 valence electrons. The molecule has 6 rings (SSSR count). The van der Waals surface area contributed by atoms with Crippen LogP contribution in [0.5, 0.6) is 23.0 Å². The number of hydrogen-bond donors (Lipinski definition) is 0. The van der Waals surface area contributed by atoms with Crippen molar-refractivity contribution in [3.63, 3.8) is 0 Å². The van der Waals surface area contributed by atoms with Gasteiger partial charge in [0.2, 0.25) is 0 Å². The van der Waals surface area contributed by atoms with Gasteiger partial charge >= 0.3 is 0 Å². The van der Waals surface area contributed by atoms with Crippen molar-refractivity contribution in [2.24, 2.45) is 0 Å². The zero-order valence-electron chi connectivity index (χ0n) is 23.5. The van der Waals surface area contributed by atoms with E-state index in [2.05, 4.69) is 0 Å². The summed E-state index contributed by atoms with van der Waals surface area (Å²) in [5, 5.41) is 0.830. The largest absolute Gasteiger partial charge is 0.496 e. The Morgan fingerprint density at radius 2 is 0.857 bits per heavy atom.